The zero-order chi connectivity index (χ0) is 4.50. The van der Waals surface area contributed by atoms with Crippen molar-refractivity contribution < 1.29 is 13.2 Å². The van der Waals surface area contributed by atoms with Crippen molar-refractivity contribution in [3.8, 4) is 0 Å². The number of hydrogen-bond acceptors (Lipinski definition) is 1. The predicted octanol–water partition coefficient (Wildman–Crippen LogP) is 0.787. The summed E-state index contributed by atoms with van der Waals surface area (Å²) in [6.45, 7) is 0. The maximum atomic E-state index is 10.2. The van der Waals surface area contributed by atoms with E-state index in [4.69, 9.17) is 0 Å². The van der Waals surface area contributed by atoms with Crippen LogP contribution in [0.1, 0.15) is 0 Å². The average molecular weight is 126 g/mol. The van der Waals surface area contributed by atoms with Crippen molar-refractivity contribution >= 4 is 42.2 Å². The van der Waals surface area contributed by atoms with E-state index in [1.54, 1.807) is 0 Å². The molecule has 0 unspecified atom stereocenters. The van der Waals surface area contributed by atoms with Crippen molar-refractivity contribution in [2.24, 2.45) is 0 Å². The molecule has 0 saturated carbocycles. The first-order valence-corrected chi connectivity index (χ1v) is 1.24. The summed E-state index contributed by atoms with van der Waals surface area (Å²) in [5.41, 5.74) is -4.31. The molecule has 0 aromatic carbocycles. The van der Waals surface area contributed by atoms with Gasteiger partial charge in [0.2, 0.25) is 0 Å². The van der Waals surface area contributed by atoms with E-state index in [9.17, 15) is 13.2 Å². The molecular formula is CH2F3NaS. The Morgan fingerprint density at radius 1 is 1.17 bits per heavy atom. The molecule has 5 heteroatoms. The van der Waals surface area contributed by atoms with E-state index in [1.807, 2.05) is 0 Å². The fraction of sp³-hybridized carbons (Fsp3) is 1.00. The van der Waals surface area contributed by atoms with Crippen LogP contribution in [0, 0.1) is 0 Å². The van der Waals surface area contributed by atoms with E-state index in [2.05, 4.69) is 12.6 Å². The van der Waals surface area contributed by atoms with Gasteiger partial charge in [-0.25, -0.2) is 0 Å². The first-order chi connectivity index (χ1) is 2.00. The van der Waals surface area contributed by atoms with Crippen molar-refractivity contribution in [1.29, 1.82) is 0 Å². The van der Waals surface area contributed by atoms with Gasteiger partial charge in [-0.2, -0.15) is 13.2 Å². The van der Waals surface area contributed by atoms with Crippen molar-refractivity contribution in [2.45, 2.75) is 5.51 Å². The molecule has 34 valence electrons. The molecule has 0 rings (SSSR count). The number of hydrogen-bond donors (Lipinski definition) is 1. The second kappa shape index (κ2) is 3.18. The van der Waals surface area contributed by atoms with Gasteiger partial charge in [0.1, 0.15) is 0 Å². The van der Waals surface area contributed by atoms with Crippen LogP contribution < -0.4 is 0 Å². The first-order valence-electron chi connectivity index (χ1n) is 0.791. The summed E-state index contributed by atoms with van der Waals surface area (Å²) < 4.78 is 30.7. The summed E-state index contributed by atoms with van der Waals surface area (Å²) in [7, 11) is 0. The van der Waals surface area contributed by atoms with Gasteiger partial charge < -0.3 is 0 Å². The number of halogens is 3. The van der Waals surface area contributed by atoms with Crippen LogP contribution in [0.3, 0.4) is 0 Å². The maximum absolute atomic E-state index is 10.2. The van der Waals surface area contributed by atoms with Crippen LogP contribution in [-0.4, -0.2) is 35.1 Å². The molecule has 0 aliphatic rings. The third-order valence-electron chi connectivity index (χ3n) is 0. The van der Waals surface area contributed by atoms with Gasteiger partial charge in [-0.3, -0.25) is 0 Å². The molecule has 0 nitrogen and oxygen atoms in total. The predicted molar refractivity (Wildman–Crippen MR) is 22.2 cm³/mol. The van der Waals surface area contributed by atoms with E-state index in [0.717, 1.165) is 0 Å². The van der Waals surface area contributed by atoms with Gasteiger partial charge in [-0.15, -0.1) is 0 Å². The molecule has 0 atom stereocenters. The Labute approximate surface area is 60.8 Å². The summed E-state index contributed by atoms with van der Waals surface area (Å²) in [6.07, 6.45) is 0. The topological polar surface area (TPSA) is 0 Å². The molecule has 0 spiro atoms. The van der Waals surface area contributed by atoms with Crippen LogP contribution >= 0.6 is 12.6 Å². The molecule has 0 bridgehead atoms. The Kier molecular flexibility index (Phi) is 5.40. The van der Waals surface area contributed by atoms with Crippen LogP contribution in [0.4, 0.5) is 13.2 Å². The van der Waals surface area contributed by atoms with E-state index >= 15 is 0 Å². The van der Waals surface area contributed by atoms with Crippen LogP contribution in [0.2, 0.25) is 0 Å². The van der Waals surface area contributed by atoms with Crippen molar-refractivity contribution in [3.63, 3.8) is 0 Å². The van der Waals surface area contributed by atoms with Crippen molar-refractivity contribution in [1.82, 2.24) is 0 Å². The summed E-state index contributed by atoms with van der Waals surface area (Å²) in [5.74, 6) is 0. The first kappa shape index (κ1) is 10.2. The monoisotopic (exact) mass is 126 g/mol. The molecule has 0 saturated heterocycles. The Balaban J connectivity index is 0. The molecular weight excluding hydrogens is 124 g/mol. The van der Waals surface area contributed by atoms with Crippen LogP contribution in [0.25, 0.3) is 0 Å². The van der Waals surface area contributed by atoms with Gasteiger partial charge in [0.05, 0.1) is 0 Å². The summed E-state index contributed by atoms with van der Waals surface area (Å²) in [5, 5.41) is 0. The third kappa shape index (κ3) is 67.8. The summed E-state index contributed by atoms with van der Waals surface area (Å²) in [6, 6.07) is 0. The van der Waals surface area contributed by atoms with Gasteiger partial charge >= 0.3 is 35.1 Å². The Hall–Kier alpha value is 1.14. The van der Waals surface area contributed by atoms with Gasteiger partial charge in [-0.1, -0.05) is 12.6 Å². The van der Waals surface area contributed by atoms with E-state index in [-0.39, 0.29) is 29.6 Å². The quantitative estimate of drug-likeness (QED) is 0.360. The van der Waals surface area contributed by atoms with E-state index in [0.29, 0.717) is 0 Å². The van der Waals surface area contributed by atoms with E-state index in [1.165, 1.54) is 0 Å². The normalized spacial score (nSPS) is 10.0. The fourth-order valence-corrected chi connectivity index (χ4v) is 0. The zero-order valence-electron chi connectivity index (χ0n) is 2.08. The Morgan fingerprint density at radius 3 is 1.17 bits per heavy atom. The van der Waals surface area contributed by atoms with Gasteiger partial charge in [0.25, 0.3) is 0 Å². The SMILES string of the molecule is FC(F)(F)S.[NaH]. The minimum atomic E-state index is -4.31. The van der Waals surface area contributed by atoms with Crippen LogP contribution in [-0.2, 0) is 0 Å². The molecule has 0 aliphatic carbocycles. The Bertz CT molecular complexity index is 26.3. The zero-order valence-corrected chi connectivity index (χ0v) is 2.98. The number of rotatable bonds is 0. The Morgan fingerprint density at radius 2 is 1.17 bits per heavy atom. The molecule has 0 N–H and O–H groups in total. The average Bonchev–Trinajstić information content (AvgIpc) is 0.722. The molecule has 0 aromatic heterocycles. The van der Waals surface area contributed by atoms with Crippen molar-refractivity contribution in [2.75, 3.05) is 0 Å². The second-order valence-electron chi connectivity index (χ2n) is 0.468. The molecule has 0 heterocycles. The minimum absolute atomic E-state index is 0. The molecule has 0 radical (unpaired) electrons. The molecule has 0 aromatic rings. The van der Waals surface area contributed by atoms with Crippen molar-refractivity contribution in [3.05, 3.63) is 0 Å². The second-order valence-corrected chi connectivity index (χ2v) is 0.975. The number of alkyl halides is 3. The third-order valence-corrected chi connectivity index (χ3v) is 0. The molecule has 6 heavy (non-hydrogen) atoms. The van der Waals surface area contributed by atoms with Crippen LogP contribution in [0.5, 0.6) is 0 Å². The molecule has 0 aliphatic heterocycles. The van der Waals surface area contributed by atoms with Gasteiger partial charge in [0.15, 0.2) is 0 Å². The standard InChI is InChI=1S/CHF3S.Na.H/c2-1(3,4)5;;/h5H;;. The van der Waals surface area contributed by atoms with Gasteiger partial charge in [0, 0.05) is 0 Å². The number of thiol groups is 1. The summed E-state index contributed by atoms with van der Waals surface area (Å²) in [4.78, 5) is 0. The van der Waals surface area contributed by atoms with E-state index < -0.39 is 5.51 Å². The molecule has 0 amide bonds. The summed E-state index contributed by atoms with van der Waals surface area (Å²) >= 11 is 2.12. The molecule has 0 fully saturated rings. The fourth-order valence-electron chi connectivity index (χ4n) is 0. The van der Waals surface area contributed by atoms with Crippen LogP contribution in [0.15, 0.2) is 0 Å². The van der Waals surface area contributed by atoms with Gasteiger partial charge in [-0.05, 0) is 0 Å².